The lowest BCUT2D eigenvalue weighted by Gasteiger charge is -2.20. The van der Waals surface area contributed by atoms with Gasteiger partial charge in [0.05, 0.1) is 0 Å². The number of nitrogens with zero attached hydrogens (tertiary/aromatic N) is 2. The van der Waals surface area contributed by atoms with Gasteiger partial charge in [0.15, 0.2) is 0 Å². The molecule has 5 heteroatoms. The predicted molar refractivity (Wildman–Crippen MR) is 61.7 cm³/mol. The van der Waals surface area contributed by atoms with Crippen LogP contribution in [0.15, 0.2) is 4.42 Å². The fraction of sp³-hybridized carbons (Fsp3) is 0.833. The summed E-state index contributed by atoms with van der Waals surface area (Å²) in [5.74, 6) is 1.79. The Morgan fingerprint density at radius 2 is 2.29 bits per heavy atom. The van der Waals surface area contributed by atoms with Crippen molar-refractivity contribution < 1.29 is 9.15 Å². The molecule has 3 heterocycles. The van der Waals surface area contributed by atoms with Gasteiger partial charge in [-0.15, -0.1) is 10.2 Å². The quantitative estimate of drug-likeness (QED) is 0.846. The minimum absolute atomic E-state index is 0.354. The van der Waals surface area contributed by atoms with Crippen LogP contribution in [0, 0.1) is 0 Å². The highest BCUT2D eigenvalue weighted by atomic mass is 16.5. The van der Waals surface area contributed by atoms with Crippen LogP contribution in [0.2, 0.25) is 0 Å². The number of hydrogen-bond acceptors (Lipinski definition) is 5. The molecule has 0 aliphatic carbocycles. The summed E-state index contributed by atoms with van der Waals surface area (Å²) in [6.45, 7) is 4.87. The van der Waals surface area contributed by atoms with E-state index in [2.05, 4.69) is 15.5 Å². The number of ether oxygens (including phenoxy) is 1. The molecular formula is C12H19N3O2. The maximum atomic E-state index is 5.82. The molecule has 94 valence electrons. The molecule has 0 radical (unpaired) electrons. The number of piperidine rings is 1. The molecule has 5 nitrogen and oxygen atoms in total. The molecular weight excluding hydrogens is 218 g/mol. The first-order valence-electron chi connectivity index (χ1n) is 6.46. The van der Waals surface area contributed by atoms with Crippen LogP contribution in [0.1, 0.15) is 50.3 Å². The van der Waals surface area contributed by atoms with Gasteiger partial charge in [-0.25, -0.2) is 0 Å². The maximum absolute atomic E-state index is 5.82. The van der Waals surface area contributed by atoms with Crippen LogP contribution in [-0.2, 0) is 10.3 Å². The van der Waals surface area contributed by atoms with Crippen LogP contribution in [0.5, 0.6) is 0 Å². The van der Waals surface area contributed by atoms with E-state index in [0.29, 0.717) is 11.8 Å². The average Bonchev–Trinajstić information content (AvgIpc) is 2.99. The van der Waals surface area contributed by atoms with Crippen molar-refractivity contribution in [3.8, 4) is 0 Å². The van der Waals surface area contributed by atoms with E-state index in [0.717, 1.165) is 44.8 Å². The summed E-state index contributed by atoms with van der Waals surface area (Å²) in [6, 6.07) is 0. The summed E-state index contributed by atoms with van der Waals surface area (Å²) in [6.07, 6.45) is 4.35. The Bertz CT molecular complexity index is 379. The molecule has 2 unspecified atom stereocenters. The van der Waals surface area contributed by atoms with E-state index in [4.69, 9.17) is 9.15 Å². The van der Waals surface area contributed by atoms with Gasteiger partial charge >= 0.3 is 0 Å². The largest absolute Gasteiger partial charge is 0.422 e. The van der Waals surface area contributed by atoms with Crippen molar-refractivity contribution in [2.75, 3.05) is 19.7 Å². The standard InChI is InChI=1S/C12H19N3O2/c1-12(5-3-7-16-12)11-15-14-10(17-11)9-4-2-6-13-8-9/h9,13H,2-8H2,1H3. The second kappa shape index (κ2) is 4.38. The number of aromatic nitrogens is 2. The summed E-state index contributed by atoms with van der Waals surface area (Å²) in [7, 11) is 0. The minimum atomic E-state index is -0.354. The first kappa shape index (κ1) is 11.2. The summed E-state index contributed by atoms with van der Waals surface area (Å²) < 4.78 is 11.5. The average molecular weight is 237 g/mol. The number of rotatable bonds is 2. The minimum Gasteiger partial charge on any atom is -0.422 e. The molecule has 2 aliphatic rings. The van der Waals surface area contributed by atoms with Gasteiger partial charge in [0.2, 0.25) is 11.8 Å². The first-order chi connectivity index (χ1) is 8.28. The summed E-state index contributed by atoms with van der Waals surface area (Å²) in [5.41, 5.74) is -0.354. The Morgan fingerprint density at radius 1 is 1.35 bits per heavy atom. The SMILES string of the molecule is CC1(c2nnc(C3CCCNC3)o2)CCCO1. The lowest BCUT2D eigenvalue weighted by atomic mass is 10.00. The Labute approximate surface area is 101 Å². The van der Waals surface area contributed by atoms with Gasteiger partial charge in [0.1, 0.15) is 5.60 Å². The Kier molecular flexibility index (Phi) is 2.88. The molecule has 2 fully saturated rings. The van der Waals surface area contributed by atoms with E-state index in [-0.39, 0.29) is 5.60 Å². The molecule has 1 aromatic rings. The Hall–Kier alpha value is -0.940. The molecule has 0 saturated carbocycles. The molecule has 2 aliphatic heterocycles. The molecule has 0 aromatic carbocycles. The zero-order valence-electron chi connectivity index (χ0n) is 10.2. The van der Waals surface area contributed by atoms with E-state index < -0.39 is 0 Å². The van der Waals surface area contributed by atoms with Crippen molar-refractivity contribution in [2.45, 2.75) is 44.1 Å². The molecule has 3 rings (SSSR count). The predicted octanol–water partition coefficient (Wildman–Crippen LogP) is 1.56. The zero-order chi connectivity index (χ0) is 11.7. The van der Waals surface area contributed by atoms with E-state index in [1.165, 1.54) is 6.42 Å². The van der Waals surface area contributed by atoms with Gasteiger partial charge in [-0.3, -0.25) is 0 Å². The maximum Gasteiger partial charge on any atom is 0.247 e. The normalized spacial score (nSPS) is 34.1. The van der Waals surface area contributed by atoms with Crippen LogP contribution in [0.3, 0.4) is 0 Å². The smallest absolute Gasteiger partial charge is 0.247 e. The molecule has 17 heavy (non-hydrogen) atoms. The Morgan fingerprint density at radius 3 is 3.00 bits per heavy atom. The van der Waals surface area contributed by atoms with E-state index in [1.54, 1.807) is 0 Å². The Balaban J connectivity index is 1.77. The van der Waals surface area contributed by atoms with Crippen LogP contribution in [0.4, 0.5) is 0 Å². The van der Waals surface area contributed by atoms with Crippen LogP contribution < -0.4 is 5.32 Å². The van der Waals surface area contributed by atoms with Gasteiger partial charge in [-0.2, -0.15) is 0 Å². The van der Waals surface area contributed by atoms with Gasteiger partial charge in [-0.05, 0) is 39.2 Å². The molecule has 1 N–H and O–H groups in total. The van der Waals surface area contributed by atoms with E-state index in [1.807, 2.05) is 6.92 Å². The van der Waals surface area contributed by atoms with Crippen LogP contribution in [0.25, 0.3) is 0 Å². The van der Waals surface area contributed by atoms with Crippen LogP contribution in [-0.4, -0.2) is 29.9 Å². The second-order valence-electron chi connectivity index (χ2n) is 5.17. The topological polar surface area (TPSA) is 60.2 Å². The third-order valence-corrected chi connectivity index (χ3v) is 3.76. The molecule has 1 aromatic heterocycles. The van der Waals surface area contributed by atoms with Gasteiger partial charge < -0.3 is 14.5 Å². The molecule has 2 atom stereocenters. The third-order valence-electron chi connectivity index (χ3n) is 3.76. The van der Waals surface area contributed by atoms with Gasteiger partial charge in [0, 0.05) is 19.1 Å². The van der Waals surface area contributed by atoms with Crippen molar-refractivity contribution in [3.05, 3.63) is 11.8 Å². The number of hydrogen-bond donors (Lipinski definition) is 1. The summed E-state index contributed by atoms with van der Waals surface area (Å²) >= 11 is 0. The summed E-state index contributed by atoms with van der Waals surface area (Å²) in [4.78, 5) is 0. The van der Waals surface area contributed by atoms with Crippen molar-refractivity contribution in [1.29, 1.82) is 0 Å². The van der Waals surface area contributed by atoms with Crippen molar-refractivity contribution in [3.63, 3.8) is 0 Å². The van der Waals surface area contributed by atoms with Crippen molar-refractivity contribution in [1.82, 2.24) is 15.5 Å². The van der Waals surface area contributed by atoms with E-state index >= 15 is 0 Å². The molecule has 2 saturated heterocycles. The highest BCUT2D eigenvalue weighted by Crippen LogP contribution is 2.35. The van der Waals surface area contributed by atoms with Gasteiger partial charge in [0.25, 0.3) is 0 Å². The monoisotopic (exact) mass is 237 g/mol. The highest BCUT2D eigenvalue weighted by Gasteiger charge is 2.38. The van der Waals surface area contributed by atoms with Crippen molar-refractivity contribution in [2.24, 2.45) is 0 Å². The fourth-order valence-corrected chi connectivity index (χ4v) is 2.62. The third kappa shape index (κ3) is 2.09. The van der Waals surface area contributed by atoms with Gasteiger partial charge in [-0.1, -0.05) is 0 Å². The second-order valence-corrected chi connectivity index (χ2v) is 5.17. The fourth-order valence-electron chi connectivity index (χ4n) is 2.62. The lowest BCUT2D eigenvalue weighted by Crippen LogP contribution is -2.28. The van der Waals surface area contributed by atoms with E-state index in [9.17, 15) is 0 Å². The molecule has 0 bridgehead atoms. The number of nitrogens with one attached hydrogen (secondary N) is 1. The zero-order valence-corrected chi connectivity index (χ0v) is 10.2. The summed E-state index contributed by atoms with van der Waals surface area (Å²) in [5, 5.41) is 11.7. The lowest BCUT2D eigenvalue weighted by molar-refractivity contribution is -0.00647. The van der Waals surface area contributed by atoms with Crippen molar-refractivity contribution >= 4 is 0 Å². The van der Waals surface area contributed by atoms with Crippen LogP contribution >= 0.6 is 0 Å². The molecule has 0 amide bonds. The molecule has 0 spiro atoms. The highest BCUT2D eigenvalue weighted by molar-refractivity contribution is 5.01. The first-order valence-corrected chi connectivity index (χ1v) is 6.46.